The Kier molecular flexibility index (Phi) is 4.46. The second-order valence-corrected chi connectivity index (χ2v) is 6.31. The molecule has 4 rings (SSSR count). The van der Waals surface area contributed by atoms with Crippen LogP contribution in [-0.2, 0) is 4.79 Å². The monoisotopic (exact) mass is 361 g/mol. The molecule has 1 amide bonds. The van der Waals surface area contributed by atoms with Crippen LogP contribution in [0.5, 0.6) is 5.75 Å². The summed E-state index contributed by atoms with van der Waals surface area (Å²) in [6.45, 7) is 4.63. The number of anilines is 1. The average molecular weight is 361 g/mol. The third kappa shape index (κ3) is 3.46. The first kappa shape index (κ1) is 17.0. The zero-order valence-electron chi connectivity index (χ0n) is 15.2. The third-order valence-electron chi connectivity index (χ3n) is 4.41. The molecule has 0 radical (unpaired) electrons. The molecule has 0 saturated heterocycles. The van der Waals surface area contributed by atoms with Crippen molar-refractivity contribution in [2.24, 2.45) is 0 Å². The van der Waals surface area contributed by atoms with Gasteiger partial charge in [-0.25, -0.2) is 0 Å². The highest BCUT2D eigenvalue weighted by molar-refractivity contribution is 5.98. The summed E-state index contributed by atoms with van der Waals surface area (Å²) in [5.74, 6) is 1.51. The number of ether oxygens (including phenoxy) is 1. The molecule has 1 aliphatic rings. The predicted molar refractivity (Wildman–Crippen MR) is 103 cm³/mol. The second-order valence-electron chi connectivity index (χ2n) is 6.31. The van der Waals surface area contributed by atoms with Gasteiger partial charge in [0.1, 0.15) is 5.75 Å². The van der Waals surface area contributed by atoms with Crippen LogP contribution >= 0.6 is 0 Å². The van der Waals surface area contributed by atoms with E-state index in [1.165, 1.54) is 5.56 Å². The zero-order valence-corrected chi connectivity index (χ0v) is 15.2. The Labute approximate surface area is 157 Å². The number of carbonyl (C=O) groups is 1. The summed E-state index contributed by atoms with van der Waals surface area (Å²) < 4.78 is 10.8. The Morgan fingerprint density at radius 3 is 2.74 bits per heavy atom. The van der Waals surface area contributed by atoms with Gasteiger partial charge in [0.05, 0.1) is 5.69 Å². The van der Waals surface area contributed by atoms with Crippen molar-refractivity contribution >= 4 is 23.7 Å². The van der Waals surface area contributed by atoms with E-state index in [1.807, 2.05) is 43.3 Å². The lowest BCUT2D eigenvalue weighted by Gasteiger charge is -2.28. The molecule has 0 atom stereocenters. The van der Waals surface area contributed by atoms with Crippen molar-refractivity contribution in [3.05, 3.63) is 59.5 Å². The summed E-state index contributed by atoms with van der Waals surface area (Å²) in [5.41, 5.74) is 3.77. The maximum Gasteiger partial charge on any atom is 0.265 e. The Hall–Kier alpha value is -3.41. The van der Waals surface area contributed by atoms with Crippen molar-refractivity contribution in [3.8, 4) is 17.1 Å². The van der Waals surface area contributed by atoms with E-state index in [4.69, 9.17) is 9.26 Å². The fourth-order valence-corrected chi connectivity index (χ4v) is 2.95. The summed E-state index contributed by atoms with van der Waals surface area (Å²) >= 11 is 0. The molecule has 0 bridgehead atoms. The van der Waals surface area contributed by atoms with Gasteiger partial charge in [-0.1, -0.05) is 35.0 Å². The summed E-state index contributed by atoms with van der Waals surface area (Å²) in [7, 11) is 0. The van der Waals surface area contributed by atoms with E-state index in [0.717, 1.165) is 16.8 Å². The van der Waals surface area contributed by atoms with Gasteiger partial charge >= 0.3 is 0 Å². The van der Waals surface area contributed by atoms with Gasteiger partial charge in [0.25, 0.3) is 11.8 Å². The normalized spacial score (nSPS) is 13.7. The fraction of sp³-hybridized carbons (Fsp3) is 0.190. The number of rotatable bonds is 4. The summed E-state index contributed by atoms with van der Waals surface area (Å²) in [4.78, 5) is 18.1. The van der Waals surface area contributed by atoms with Gasteiger partial charge in [-0.05, 0) is 43.7 Å². The molecular weight excluding hydrogens is 342 g/mol. The number of amides is 1. The van der Waals surface area contributed by atoms with Gasteiger partial charge in [-0.2, -0.15) is 4.98 Å². The molecule has 0 unspecified atom stereocenters. The topological polar surface area (TPSA) is 68.5 Å². The largest absolute Gasteiger partial charge is 0.482 e. The summed E-state index contributed by atoms with van der Waals surface area (Å²) in [6, 6.07) is 13.7. The van der Waals surface area contributed by atoms with Crippen molar-refractivity contribution in [3.63, 3.8) is 0 Å². The zero-order chi connectivity index (χ0) is 18.8. The standard InChI is InChI=1S/C21H19N3O3/c1-3-24-17-12-16(9-10-18(17)26-13-20(24)25)21-22-19(27-23-21)11-8-15-6-4-14(2)5-7-15/h4-12H,3,13H2,1-2H3. The van der Waals surface area contributed by atoms with E-state index in [0.29, 0.717) is 24.0 Å². The van der Waals surface area contributed by atoms with Crippen LogP contribution in [0.25, 0.3) is 23.5 Å². The quantitative estimate of drug-likeness (QED) is 0.703. The minimum Gasteiger partial charge on any atom is -0.482 e. The molecule has 0 saturated carbocycles. The van der Waals surface area contributed by atoms with E-state index < -0.39 is 0 Å². The van der Waals surface area contributed by atoms with Gasteiger partial charge in [0.2, 0.25) is 5.82 Å². The number of nitrogens with zero attached hydrogens (tertiary/aromatic N) is 3. The lowest BCUT2D eigenvalue weighted by Crippen LogP contribution is -2.38. The second kappa shape index (κ2) is 7.07. The molecule has 2 aromatic carbocycles. The van der Waals surface area contributed by atoms with Crippen LogP contribution < -0.4 is 9.64 Å². The van der Waals surface area contributed by atoms with Crippen molar-refractivity contribution in [1.29, 1.82) is 0 Å². The molecule has 6 heteroatoms. The summed E-state index contributed by atoms with van der Waals surface area (Å²) in [5, 5.41) is 4.05. The maximum absolute atomic E-state index is 12.0. The maximum atomic E-state index is 12.0. The number of carbonyl (C=O) groups excluding carboxylic acids is 1. The highest BCUT2D eigenvalue weighted by Crippen LogP contribution is 2.35. The first-order valence-corrected chi connectivity index (χ1v) is 8.80. The van der Waals surface area contributed by atoms with Crippen LogP contribution in [0.4, 0.5) is 5.69 Å². The van der Waals surface area contributed by atoms with Gasteiger partial charge in [-0.3, -0.25) is 4.79 Å². The lowest BCUT2D eigenvalue weighted by molar-refractivity contribution is -0.121. The molecule has 1 aliphatic heterocycles. The minimum absolute atomic E-state index is 0.0583. The molecule has 0 N–H and O–H groups in total. The Morgan fingerprint density at radius 2 is 1.96 bits per heavy atom. The SMILES string of the molecule is CCN1C(=O)COc2ccc(-c3noc(C=Cc4ccc(C)cc4)n3)cc21. The van der Waals surface area contributed by atoms with Crippen molar-refractivity contribution in [2.45, 2.75) is 13.8 Å². The third-order valence-corrected chi connectivity index (χ3v) is 4.41. The molecule has 1 aromatic heterocycles. The predicted octanol–water partition coefficient (Wildman–Crippen LogP) is 3.96. The first-order valence-electron chi connectivity index (χ1n) is 8.80. The van der Waals surface area contributed by atoms with Crippen molar-refractivity contribution in [2.75, 3.05) is 18.1 Å². The van der Waals surface area contributed by atoms with Crippen LogP contribution in [0, 0.1) is 6.92 Å². The van der Waals surface area contributed by atoms with Crippen LogP contribution in [-0.4, -0.2) is 29.2 Å². The molecule has 0 fully saturated rings. The molecule has 136 valence electrons. The van der Waals surface area contributed by atoms with Gasteiger partial charge < -0.3 is 14.2 Å². The van der Waals surface area contributed by atoms with Crippen LogP contribution in [0.1, 0.15) is 23.9 Å². The highest BCUT2D eigenvalue weighted by Gasteiger charge is 2.25. The molecule has 3 aromatic rings. The highest BCUT2D eigenvalue weighted by atomic mass is 16.5. The van der Waals surface area contributed by atoms with Gasteiger partial charge in [0, 0.05) is 18.2 Å². The van der Waals surface area contributed by atoms with Gasteiger partial charge in [-0.15, -0.1) is 0 Å². The molecule has 0 spiro atoms. The first-order chi connectivity index (χ1) is 13.1. The molecule has 6 nitrogen and oxygen atoms in total. The number of likely N-dealkylation sites (N-methyl/N-ethyl adjacent to an activating group) is 1. The molecule has 0 aliphatic carbocycles. The smallest absolute Gasteiger partial charge is 0.265 e. The van der Waals surface area contributed by atoms with E-state index >= 15 is 0 Å². The fourth-order valence-electron chi connectivity index (χ4n) is 2.95. The molecule has 2 heterocycles. The lowest BCUT2D eigenvalue weighted by atomic mass is 10.1. The molecular formula is C21H19N3O3. The number of hydrogen-bond acceptors (Lipinski definition) is 5. The van der Waals surface area contributed by atoms with Crippen molar-refractivity contribution < 1.29 is 14.1 Å². The van der Waals surface area contributed by atoms with E-state index in [2.05, 4.69) is 29.2 Å². The Morgan fingerprint density at radius 1 is 1.15 bits per heavy atom. The number of aromatic nitrogens is 2. The number of aryl methyl sites for hydroxylation is 1. The minimum atomic E-state index is -0.0583. The van der Waals surface area contributed by atoms with Crippen LogP contribution in [0.15, 0.2) is 47.0 Å². The molecule has 27 heavy (non-hydrogen) atoms. The number of fused-ring (bicyclic) bond motifs is 1. The number of hydrogen-bond donors (Lipinski definition) is 0. The van der Waals surface area contributed by atoms with E-state index in [9.17, 15) is 4.79 Å². The Bertz CT molecular complexity index is 1010. The van der Waals surface area contributed by atoms with Crippen LogP contribution in [0.3, 0.4) is 0 Å². The summed E-state index contributed by atoms with van der Waals surface area (Å²) in [6.07, 6.45) is 3.71. The Balaban J connectivity index is 1.59. The van der Waals surface area contributed by atoms with Gasteiger partial charge in [0.15, 0.2) is 6.61 Å². The number of benzene rings is 2. The van der Waals surface area contributed by atoms with E-state index in [-0.39, 0.29) is 12.5 Å². The van der Waals surface area contributed by atoms with E-state index in [1.54, 1.807) is 11.0 Å². The van der Waals surface area contributed by atoms with Crippen LogP contribution in [0.2, 0.25) is 0 Å². The van der Waals surface area contributed by atoms with Crippen molar-refractivity contribution in [1.82, 2.24) is 10.1 Å². The average Bonchev–Trinajstić information content (AvgIpc) is 3.16.